The Balaban J connectivity index is 1.68. The Morgan fingerprint density at radius 3 is 2.52 bits per heavy atom. The molecule has 2 saturated carbocycles. The summed E-state index contributed by atoms with van der Waals surface area (Å²) in [6.07, 6.45) is 11.6. The zero-order valence-corrected chi connectivity index (χ0v) is 19.6. The van der Waals surface area contributed by atoms with Crippen LogP contribution in [0.25, 0.3) is 10.9 Å². The number of halogens is 1. The maximum atomic E-state index is 15.5. The van der Waals surface area contributed by atoms with Gasteiger partial charge in [0.2, 0.25) is 5.43 Å². The van der Waals surface area contributed by atoms with E-state index in [1.54, 1.807) is 20.0 Å². The second-order valence-corrected chi connectivity index (χ2v) is 10.3. The molecule has 0 unspecified atom stereocenters. The zero-order chi connectivity index (χ0) is 23.6. The maximum Gasteiger partial charge on any atom is 0.309 e. The van der Waals surface area contributed by atoms with Crippen LogP contribution in [-0.2, 0) is 4.79 Å². The maximum absolute atomic E-state index is 15.5. The second kappa shape index (κ2) is 9.74. The molecule has 180 valence electrons. The lowest BCUT2D eigenvalue weighted by Crippen LogP contribution is -2.26. The summed E-state index contributed by atoms with van der Waals surface area (Å²) in [7, 11) is 0. The molecule has 2 fully saturated rings. The van der Waals surface area contributed by atoms with E-state index in [-0.39, 0.29) is 42.0 Å². The lowest BCUT2D eigenvalue weighted by Gasteiger charge is -2.27. The van der Waals surface area contributed by atoms with Crippen molar-refractivity contribution in [2.45, 2.75) is 90.0 Å². The van der Waals surface area contributed by atoms with Gasteiger partial charge in [0.15, 0.2) is 5.75 Å². The molecule has 2 aromatic rings. The molecule has 1 aromatic carbocycles. The van der Waals surface area contributed by atoms with Crippen LogP contribution in [0, 0.1) is 11.2 Å². The molecule has 1 heterocycles. The Hall–Kier alpha value is -2.57. The van der Waals surface area contributed by atoms with E-state index in [2.05, 4.69) is 10.3 Å². The average Bonchev–Trinajstić information content (AvgIpc) is 3.31. The van der Waals surface area contributed by atoms with Crippen molar-refractivity contribution >= 4 is 22.6 Å². The Bertz CT molecular complexity index is 1070. The van der Waals surface area contributed by atoms with Crippen molar-refractivity contribution in [1.29, 1.82) is 0 Å². The third-order valence-corrected chi connectivity index (χ3v) is 7.41. The molecule has 2 aliphatic carbocycles. The number of benzene rings is 1. The van der Waals surface area contributed by atoms with Gasteiger partial charge in [-0.15, -0.1) is 0 Å². The fraction of sp³-hybridized carbons (Fsp3) is 0.615. The third kappa shape index (κ3) is 5.02. The highest BCUT2D eigenvalue weighted by atomic mass is 19.1. The molecule has 3 N–H and O–H groups in total. The molecular weight excluding hydrogens is 423 g/mol. The van der Waals surface area contributed by atoms with Crippen LogP contribution in [-0.4, -0.2) is 28.7 Å². The van der Waals surface area contributed by atoms with Crippen molar-refractivity contribution in [3.8, 4) is 5.75 Å². The fourth-order valence-corrected chi connectivity index (χ4v) is 5.19. The van der Waals surface area contributed by atoms with E-state index in [1.807, 2.05) is 0 Å². The van der Waals surface area contributed by atoms with Crippen molar-refractivity contribution < 1.29 is 19.0 Å². The Labute approximate surface area is 193 Å². The number of hydrogen-bond acceptors (Lipinski definition) is 4. The summed E-state index contributed by atoms with van der Waals surface area (Å²) in [4.78, 5) is 27.7. The Kier molecular flexibility index (Phi) is 6.96. The van der Waals surface area contributed by atoms with Gasteiger partial charge in [-0.25, -0.2) is 4.39 Å². The van der Waals surface area contributed by atoms with Gasteiger partial charge in [0.25, 0.3) is 0 Å². The van der Waals surface area contributed by atoms with Gasteiger partial charge in [-0.05, 0) is 57.9 Å². The summed E-state index contributed by atoms with van der Waals surface area (Å²) in [5, 5.41) is 13.1. The minimum atomic E-state index is -0.953. The smallest absolute Gasteiger partial charge is 0.309 e. The molecule has 0 atom stereocenters. The second-order valence-electron chi connectivity index (χ2n) is 10.3. The van der Waals surface area contributed by atoms with Crippen molar-refractivity contribution in [2.24, 2.45) is 5.41 Å². The fourth-order valence-electron chi connectivity index (χ4n) is 5.19. The molecule has 33 heavy (non-hydrogen) atoms. The SMILES string of the molecule is CC(C)(CCOc1c[nH]c2c(C3CCCC3)c(NC3CCCCC3)c(F)cc2c1=O)C(=O)O. The van der Waals surface area contributed by atoms with Crippen LogP contribution in [0.2, 0.25) is 0 Å². The molecule has 0 aliphatic heterocycles. The molecule has 7 heteroatoms. The normalized spacial score (nSPS) is 18.0. The van der Waals surface area contributed by atoms with Crippen LogP contribution >= 0.6 is 0 Å². The van der Waals surface area contributed by atoms with Crippen LogP contribution < -0.4 is 15.5 Å². The predicted molar refractivity (Wildman–Crippen MR) is 128 cm³/mol. The molecule has 0 amide bonds. The minimum absolute atomic E-state index is 0.0904. The van der Waals surface area contributed by atoms with Gasteiger partial charge in [-0.1, -0.05) is 32.1 Å². The monoisotopic (exact) mass is 458 g/mol. The topological polar surface area (TPSA) is 91.4 Å². The van der Waals surface area contributed by atoms with Gasteiger partial charge in [0, 0.05) is 17.8 Å². The first-order valence-electron chi connectivity index (χ1n) is 12.3. The number of pyridine rings is 1. The van der Waals surface area contributed by atoms with Gasteiger partial charge < -0.3 is 20.1 Å². The van der Waals surface area contributed by atoms with E-state index in [0.29, 0.717) is 16.6 Å². The minimum Gasteiger partial charge on any atom is -0.488 e. The van der Waals surface area contributed by atoms with Crippen LogP contribution in [0.1, 0.15) is 89.5 Å². The largest absolute Gasteiger partial charge is 0.488 e. The molecule has 2 aliphatic rings. The zero-order valence-electron chi connectivity index (χ0n) is 19.6. The number of hydrogen-bond donors (Lipinski definition) is 3. The first kappa shape index (κ1) is 23.6. The predicted octanol–water partition coefficient (Wildman–Crippen LogP) is 5.95. The van der Waals surface area contributed by atoms with Crippen LogP contribution in [0.3, 0.4) is 0 Å². The summed E-state index contributed by atoms with van der Waals surface area (Å²) in [5.41, 5.74) is 0.812. The van der Waals surface area contributed by atoms with E-state index in [4.69, 9.17) is 4.74 Å². The van der Waals surface area contributed by atoms with E-state index in [0.717, 1.165) is 56.9 Å². The summed E-state index contributed by atoms with van der Waals surface area (Å²) in [5.74, 6) is -0.994. The summed E-state index contributed by atoms with van der Waals surface area (Å²) < 4.78 is 21.1. The first-order chi connectivity index (χ1) is 15.8. The Morgan fingerprint density at radius 2 is 1.85 bits per heavy atom. The van der Waals surface area contributed by atoms with Crippen molar-refractivity contribution in [3.63, 3.8) is 0 Å². The molecule has 0 spiro atoms. The average molecular weight is 459 g/mol. The lowest BCUT2D eigenvalue weighted by atomic mass is 9.90. The number of rotatable bonds is 8. The van der Waals surface area contributed by atoms with Crippen molar-refractivity contribution in [3.05, 3.63) is 33.9 Å². The Morgan fingerprint density at radius 1 is 1.18 bits per heavy atom. The van der Waals surface area contributed by atoms with Crippen molar-refractivity contribution in [1.82, 2.24) is 4.98 Å². The third-order valence-electron chi connectivity index (χ3n) is 7.41. The molecular formula is C26H35FN2O4. The molecule has 1 aromatic heterocycles. The van der Waals surface area contributed by atoms with Crippen LogP contribution in [0.5, 0.6) is 5.75 Å². The van der Waals surface area contributed by atoms with Crippen molar-refractivity contribution in [2.75, 3.05) is 11.9 Å². The number of carbonyl (C=O) groups is 1. The van der Waals surface area contributed by atoms with Crippen LogP contribution in [0.15, 0.2) is 17.1 Å². The van der Waals surface area contributed by atoms with Gasteiger partial charge >= 0.3 is 5.97 Å². The van der Waals surface area contributed by atoms with E-state index in [1.165, 1.54) is 12.5 Å². The number of aromatic nitrogens is 1. The van der Waals surface area contributed by atoms with E-state index in [9.17, 15) is 14.7 Å². The number of H-pyrrole nitrogens is 1. The molecule has 4 rings (SSSR count). The highest BCUT2D eigenvalue weighted by Crippen LogP contribution is 2.42. The standard InChI is InChI=1S/C26H35FN2O4/c1-26(2,25(31)32)12-13-33-20-15-28-22-18(24(20)30)14-19(27)23(21(22)16-8-6-7-9-16)29-17-10-4-3-5-11-17/h14-17,29H,3-13H2,1-2H3,(H,28,30)(H,31,32). The molecule has 0 bridgehead atoms. The molecule has 6 nitrogen and oxygen atoms in total. The first-order valence-corrected chi connectivity index (χ1v) is 12.3. The number of nitrogens with one attached hydrogen (secondary N) is 2. The van der Waals surface area contributed by atoms with Gasteiger partial charge in [-0.3, -0.25) is 9.59 Å². The number of fused-ring (bicyclic) bond motifs is 1. The van der Waals surface area contributed by atoms with Gasteiger partial charge in [0.05, 0.1) is 28.6 Å². The number of aromatic amines is 1. The quantitative estimate of drug-likeness (QED) is 0.455. The van der Waals surface area contributed by atoms with E-state index < -0.39 is 11.4 Å². The summed E-state index contributed by atoms with van der Waals surface area (Å²) in [6, 6.07) is 1.59. The van der Waals surface area contributed by atoms with E-state index >= 15 is 4.39 Å². The number of carboxylic acid groups (broad SMARTS) is 1. The molecule has 0 radical (unpaired) electrons. The molecule has 0 saturated heterocycles. The number of carboxylic acids is 1. The number of ether oxygens (including phenoxy) is 1. The van der Waals surface area contributed by atoms with Gasteiger partial charge in [0.1, 0.15) is 5.82 Å². The number of anilines is 1. The lowest BCUT2D eigenvalue weighted by molar-refractivity contribution is -0.147. The number of aliphatic carboxylic acids is 1. The van der Waals surface area contributed by atoms with Crippen LogP contribution in [0.4, 0.5) is 10.1 Å². The summed E-state index contributed by atoms with van der Waals surface area (Å²) >= 11 is 0. The van der Waals surface area contributed by atoms with Gasteiger partial charge in [-0.2, -0.15) is 0 Å². The highest BCUT2D eigenvalue weighted by Gasteiger charge is 2.29. The highest BCUT2D eigenvalue weighted by molar-refractivity contribution is 5.88. The summed E-state index contributed by atoms with van der Waals surface area (Å²) in [6.45, 7) is 3.33.